The molecule has 0 atom stereocenters. The Kier molecular flexibility index (Phi) is 1.15. The van der Waals surface area contributed by atoms with Gasteiger partial charge in [-0.3, -0.25) is 0 Å². The van der Waals surface area contributed by atoms with Crippen molar-refractivity contribution in [2.24, 2.45) is 0 Å². The van der Waals surface area contributed by atoms with Crippen LogP contribution in [0.3, 0.4) is 0 Å². The van der Waals surface area contributed by atoms with Crippen LogP contribution in [0, 0.1) is 0 Å². The third kappa shape index (κ3) is 1.40. The molecule has 1 N–H and O–H groups in total. The van der Waals surface area contributed by atoms with Gasteiger partial charge in [-0.15, -0.1) is 0 Å². The summed E-state index contributed by atoms with van der Waals surface area (Å²) in [6.45, 7) is 0.403. The summed E-state index contributed by atoms with van der Waals surface area (Å²) in [5.74, 6) is -2.50. The average Bonchev–Trinajstić information content (AvgIpc) is 1.78. The van der Waals surface area contributed by atoms with E-state index in [9.17, 15) is 8.78 Å². The van der Waals surface area contributed by atoms with Gasteiger partial charge in [0.25, 0.3) is 5.92 Å². The Balaban J connectivity index is 2.35. The van der Waals surface area contributed by atoms with Crippen LogP contribution in [0.2, 0.25) is 1.41 Å². The molecule has 1 nitrogen and oxygen atoms in total. The van der Waals surface area contributed by atoms with Gasteiger partial charge in [0.05, 0.1) is 0 Å². The molecule has 48 valence electrons. The largest absolute Gasteiger partial charge is 0.316 e. The lowest BCUT2D eigenvalue weighted by Gasteiger charge is -2.21. The first-order chi connectivity index (χ1) is 4.10. The zero-order valence-corrected chi connectivity index (χ0v) is 4.53. The molecule has 0 aromatic rings. The lowest BCUT2D eigenvalue weighted by molar-refractivity contribution is -0.0274. The fourth-order valence-electron chi connectivity index (χ4n) is 0.722. The SMILES string of the molecule is [2H]N1CCC(F)(F)CC1. The van der Waals surface area contributed by atoms with Crippen molar-refractivity contribution in [3.63, 3.8) is 0 Å². The zero-order chi connectivity index (χ0) is 6.91. The molecular formula is C5H9F2N. The fourth-order valence-corrected chi connectivity index (χ4v) is 0.722. The summed E-state index contributed by atoms with van der Waals surface area (Å²) in [6, 6.07) is 0. The standard InChI is InChI=1S/C5H9F2N/c6-5(7)1-3-8-4-2-5/h8H,1-4H2/i/hD. The van der Waals surface area contributed by atoms with Crippen molar-refractivity contribution in [2.45, 2.75) is 18.8 Å². The van der Waals surface area contributed by atoms with Crippen LogP contribution in [0.1, 0.15) is 12.8 Å². The monoisotopic (exact) mass is 122 g/mol. The smallest absolute Gasteiger partial charge is 0.250 e. The Morgan fingerprint density at radius 3 is 2.25 bits per heavy atom. The van der Waals surface area contributed by atoms with Gasteiger partial charge in [0.15, 0.2) is 0 Å². The van der Waals surface area contributed by atoms with Crippen LogP contribution >= 0.6 is 0 Å². The van der Waals surface area contributed by atoms with Gasteiger partial charge in [0, 0.05) is 25.9 Å². The number of piperidine rings is 1. The number of halogens is 2. The van der Waals surface area contributed by atoms with Gasteiger partial charge >= 0.3 is 0 Å². The first-order valence-electron chi connectivity index (χ1n) is 3.16. The van der Waals surface area contributed by atoms with Crippen LogP contribution < -0.4 is 5.31 Å². The van der Waals surface area contributed by atoms with Crippen molar-refractivity contribution in [1.29, 1.82) is 0 Å². The van der Waals surface area contributed by atoms with E-state index in [0.717, 1.165) is 0 Å². The van der Waals surface area contributed by atoms with E-state index < -0.39 is 5.92 Å². The molecule has 1 rings (SSSR count). The highest BCUT2D eigenvalue weighted by molar-refractivity contribution is 4.73. The lowest BCUT2D eigenvalue weighted by atomic mass is 10.1. The second kappa shape index (κ2) is 1.97. The second-order valence-corrected chi connectivity index (χ2v) is 2.03. The van der Waals surface area contributed by atoms with Gasteiger partial charge in [-0.05, 0) is 0 Å². The van der Waals surface area contributed by atoms with Crippen molar-refractivity contribution in [3.8, 4) is 0 Å². The Morgan fingerprint density at radius 1 is 1.38 bits per heavy atom. The van der Waals surface area contributed by atoms with Gasteiger partial charge < -0.3 is 5.31 Å². The highest BCUT2D eigenvalue weighted by Gasteiger charge is 2.30. The Hall–Kier alpha value is -0.180. The Bertz CT molecular complexity index is 97.1. The van der Waals surface area contributed by atoms with Gasteiger partial charge in [-0.1, -0.05) is 0 Å². The maximum atomic E-state index is 12.3. The number of alkyl halides is 2. The van der Waals surface area contributed by atoms with E-state index in [1.807, 2.05) is 0 Å². The number of rotatable bonds is 0. The fraction of sp³-hybridized carbons (Fsp3) is 1.00. The van der Waals surface area contributed by atoms with Crippen molar-refractivity contribution in [2.75, 3.05) is 13.1 Å². The molecule has 0 aliphatic carbocycles. The van der Waals surface area contributed by atoms with Crippen LogP contribution in [-0.4, -0.2) is 19.0 Å². The van der Waals surface area contributed by atoms with Gasteiger partial charge in [0.1, 0.15) is 1.41 Å². The van der Waals surface area contributed by atoms with E-state index in [1.54, 1.807) is 0 Å². The highest BCUT2D eigenvalue weighted by atomic mass is 19.3. The highest BCUT2D eigenvalue weighted by Crippen LogP contribution is 2.23. The number of hydrogen-bond donors (Lipinski definition) is 1. The third-order valence-electron chi connectivity index (χ3n) is 1.27. The predicted octanol–water partition coefficient (Wildman–Crippen LogP) is 1.01. The molecule has 1 fully saturated rings. The molecule has 8 heavy (non-hydrogen) atoms. The van der Waals surface area contributed by atoms with Crippen molar-refractivity contribution >= 4 is 0 Å². The molecule has 0 amide bonds. The normalized spacial score (nSPS) is 32.0. The number of hydrogen-bond acceptors (Lipinski definition) is 1. The second-order valence-electron chi connectivity index (χ2n) is 2.03. The minimum Gasteiger partial charge on any atom is -0.316 e. The van der Waals surface area contributed by atoms with Gasteiger partial charge in [-0.2, -0.15) is 0 Å². The van der Waals surface area contributed by atoms with E-state index in [1.165, 1.54) is 5.31 Å². The quantitative estimate of drug-likeness (QED) is 0.505. The molecule has 1 heterocycles. The maximum absolute atomic E-state index is 12.3. The minimum atomic E-state index is -2.50. The number of nitrogens with one attached hydrogen (secondary N) is 1. The van der Waals surface area contributed by atoms with Crippen molar-refractivity contribution in [3.05, 3.63) is 0 Å². The van der Waals surface area contributed by atoms with E-state index in [-0.39, 0.29) is 25.9 Å². The van der Waals surface area contributed by atoms with E-state index in [2.05, 4.69) is 0 Å². The molecule has 0 aromatic heterocycles. The van der Waals surface area contributed by atoms with Crippen LogP contribution in [0.4, 0.5) is 8.78 Å². The van der Waals surface area contributed by atoms with Crippen LogP contribution in [0.5, 0.6) is 0 Å². The first-order valence-corrected chi connectivity index (χ1v) is 2.72. The molecule has 3 heteroatoms. The summed E-state index contributed by atoms with van der Waals surface area (Å²) < 4.78 is 31.5. The molecule has 0 unspecified atom stereocenters. The zero-order valence-electron chi connectivity index (χ0n) is 5.53. The van der Waals surface area contributed by atoms with Crippen LogP contribution in [-0.2, 0) is 0 Å². The van der Waals surface area contributed by atoms with E-state index in [4.69, 9.17) is 1.41 Å². The van der Waals surface area contributed by atoms with Crippen molar-refractivity contribution < 1.29 is 10.2 Å². The van der Waals surface area contributed by atoms with E-state index >= 15 is 0 Å². The van der Waals surface area contributed by atoms with Crippen LogP contribution in [0.15, 0.2) is 0 Å². The molecule has 0 spiro atoms. The summed E-state index contributed by atoms with van der Waals surface area (Å²) >= 11 is 0. The van der Waals surface area contributed by atoms with Gasteiger partial charge in [-0.25, -0.2) is 8.78 Å². The molecule has 0 bridgehead atoms. The summed E-state index contributed by atoms with van der Waals surface area (Å²) in [7, 11) is 0. The Labute approximate surface area is 48.5 Å². The molecule has 0 aromatic carbocycles. The predicted molar refractivity (Wildman–Crippen MR) is 27.1 cm³/mol. The molecule has 1 aliphatic heterocycles. The van der Waals surface area contributed by atoms with Gasteiger partial charge in [0.2, 0.25) is 0 Å². The molecular weight excluding hydrogens is 112 g/mol. The van der Waals surface area contributed by atoms with E-state index in [0.29, 0.717) is 0 Å². The maximum Gasteiger partial charge on any atom is 0.250 e. The van der Waals surface area contributed by atoms with Crippen molar-refractivity contribution in [1.82, 2.24) is 5.31 Å². The summed E-state index contributed by atoms with van der Waals surface area (Å²) in [4.78, 5) is 0. The molecule has 0 saturated carbocycles. The molecule has 0 radical (unpaired) electrons. The topological polar surface area (TPSA) is 12.0 Å². The lowest BCUT2D eigenvalue weighted by Crippen LogP contribution is -2.35. The summed E-state index contributed by atoms with van der Waals surface area (Å²) in [5, 5.41) is 1.18. The molecule has 1 aliphatic rings. The summed E-state index contributed by atoms with van der Waals surface area (Å²) in [6.07, 6.45) is -0.312. The Morgan fingerprint density at radius 2 is 1.88 bits per heavy atom. The average molecular weight is 122 g/mol. The first kappa shape index (κ1) is 4.68. The molecule has 1 saturated heterocycles. The van der Waals surface area contributed by atoms with Crippen LogP contribution in [0.25, 0.3) is 0 Å². The summed E-state index contributed by atoms with van der Waals surface area (Å²) in [5.41, 5.74) is 0. The minimum absolute atomic E-state index is 0.156. The third-order valence-corrected chi connectivity index (χ3v) is 1.27.